The summed E-state index contributed by atoms with van der Waals surface area (Å²) in [4.78, 5) is 59.2. The molecule has 1 saturated heterocycles. The predicted molar refractivity (Wildman–Crippen MR) is 161 cm³/mol. The molecule has 0 spiro atoms. The van der Waals surface area contributed by atoms with Crippen LogP contribution in [0.1, 0.15) is 81.9 Å². The van der Waals surface area contributed by atoms with Crippen molar-refractivity contribution in [3.05, 3.63) is 54.1 Å². The summed E-state index contributed by atoms with van der Waals surface area (Å²) in [7, 11) is 0. The number of carboxylic acid groups (broad SMARTS) is 1. The number of carbonyl (C=O) groups is 4. The molecule has 1 unspecified atom stereocenters. The molecule has 45 heavy (non-hydrogen) atoms. The molecule has 5 rings (SSSR count). The van der Waals surface area contributed by atoms with E-state index in [2.05, 4.69) is 15.6 Å². The van der Waals surface area contributed by atoms with Gasteiger partial charge in [-0.2, -0.15) is 0 Å². The van der Waals surface area contributed by atoms with Crippen LogP contribution in [0.3, 0.4) is 0 Å². The number of aliphatic carboxylic acids is 1. The van der Waals surface area contributed by atoms with Crippen LogP contribution in [0, 0.1) is 23.2 Å². The van der Waals surface area contributed by atoms with Gasteiger partial charge in [0, 0.05) is 43.7 Å². The van der Waals surface area contributed by atoms with E-state index < -0.39 is 71.4 Å². The lowest BCUT2D eigenvalue weighted by Gasteiger charge is -2.37. The molecule has 3 N–H and O–H groups in total. The molecule has 1 aliphatic heterocycles. The molecule has 0 bridgehead atoms. The fourth-order valence-electron chi connectivity index (χ4n) is 7.35. The number of imidazole rings is 1. The molecular weight excluding hydrogens is 584 g/mol. The highest BCUT2D eigenvalue weighted by molar-refractivity contribution is 5.97. The molecule has 2 aliphatic carbocycles. The van der Waals surface area contributed by atoms with Crippen LogP contribution in [0.25, 0.3) is 0 Å². The van der Waals surface area contributed by atoms with Crippen molar-refractivity contribution >= 4 is 23.7 Å². The molecule has 2 heterocycles. The number of likely N-dealkylation sites (tertiary alicyclic amines) is 1. The molecule has 244 valence electrons. The zero-order valence-electron chi connectivity index (χ0n) is 26.0. The Morgan fingerprint density at radius 3 is 2.38 bits per heavy atom. The number of benzene rings is 1. The van der Waals surface area contributed by atoms with Crippen LogP contribution in [0.4, 0.5) is 8.78 Å². The second-order valence-electron chi connectivity index (χ2n) is 13.9. The number of amides is 3. The molecular formula is C33H43F2N5O5. The summed E-state index contributed by atoms with van der Waals surface area (Å²) in [5.41, 5.74) is 0.0874. The van der Waals surface area contributed by atoms with E-state index in [1.807, 2.05) is 30.3 Å². The van der Waals surface area contributed by atoms with Crippen LogP contribution in [0.15, 0.2) is 42.7 Å². The number of carbonyl (C=O) groups excluding carboxylic acids is 3. The summed E-state index contributed by atoms with van der Waals surface area (Å²) in [6.45, 7) is 5.21. The van der Waals surface area contributed by atoms with Crippen LogP contribution in [0.5, 0.6) is 0 Å². The maximum Gasteiger partial charge on any atom is 0.326 e. The molecule has 1 aromatic heterocycles. The second kappa shape index (κ2) is 12.9. The molecule has 3 fully saturated rings. The first-order valence-electron chi connectivity index (χ1n) is 15.9. The third-order valence-corrected chi connectivity index (χ3v) is 9.75. The quantitative estimate of drug-likeness (QED) is 0.384. The number of aromatic nitrogens is 2. The lowest BCUT2D eigenvalue weighted by Crippen LogP contribution is -2.61. The number of rotatable bonds is 9. The highest BCUT2D eigenvalue weighted by atomic mass is 19.3. The number of halogens is 2. The number of fused-ring (bicyclic) bond motifs is 1. The summed E-state index contributed by atoms with van der Waals surface area (Å²) in [6.07, 6.45) is 7.03. The van der Waals surface area contributed by atoms with Gasteiger partial charge in [-0.3, -0.25) is 14.4 Å². The van der Waals surface area contributed by atoms with Gasteiger partial charge in [0.2, 0.25) is 11.8 Å². The first kappa shape index (κ1) is 32.6. The molecule has 5 atom stereocenters. The number of nitrogens with one attached hydrogen (secondary N) is 2. The molecule has 0 radical (unpaired) electrons. The van der Waals surface area contributed by atoms with Crippen molar-refractivity contribution in [3.8, 4) is 0 Å². The van der Waals surface area contributed by atoms with Crippen LogP contribution in [-0.4, -0.2) is 73.8 Å². The summed E-state index contributed by atoms with van der Waals surface area (Å²) < 4.78 is 31.0. The average molecular weight is 628 g/mol. The first-order chi connectivity index (χ1) is 21.3. The van der Waals surface area contributed by atoms with Gasteiger partial charge >= 0.3 is 5.97 Å². The molecule has 2 aromatic rings. The van der Waals surface area contributed by atoms with E-state index in [0.29, 0.717) is 19.4 Å². The Hall–Kier alpha value is -3.83. The van der Waals surface area contributed by atoms with E-state index in [1.54, 1.807) is 31.5 Å². The first-order valence-corrected chi connectivity index (χ1v) is 15.9. The smallest absolute Gasteiger partial charge is 0.326 e. The van der Waals surface area contributed by atoms with Gasteiger partial charge in [-0.1, -0.05) is 70.4 Å². The lowest BCUT2D eigenvalue weighted by atomic mass is 9.82. The van der Waals surface area contributed by atoms with E-state index in [0.717, 1.165) is 29.7 Å². The number of alkyl halides is 2. The van der Waals surface area contributed by atoms with Crippen LogP contribution in [-0.2, 0) is 20.9 Å². The summed E-state index contributed by atoms with van der Waals surface area (Å²) in [6, 6.07) is 6.01. The second-order valence-corrected chi connectivity index (χ2v) is 13.9. The van der Waals surface area contributed by atoms with Gasteiger partial charge in [0.25, 0.3) is 11.8 Å². The molecule has 3 aliphatic rings. The monoisotopic (exact) mass is 627 g/mol. The van der Waals surface area contributed by atoms with Crippen molar-refractivity contribution < 1.29 is 33.1 Å². The third kappa shape index (κ3) is 6.89. The molecule has 3 amide bonds. The summed E-state index contributed by atoms with van der Waals surface area (Å²) in [5.74, 6) is -8.33. The van der Waals surface area contributed by atoms with E-state index in [9.17, 15) is 33.1 Å². The van der Waals surface area contributed by atoms with Crippen LogP contribution in [0.2, 0.25) is 0 Å². The highest BCUT2D eigenvalue weighted by Gasteiger charge is 2.61. The van der Waals surface area contributed by atoms with Crippen molar-refractivity contribution in [2.24, 2.45) is 23.2 Å². The topological polar surface area (TPSA) is 134 Å². The third-order valence-electron chi connectivity index (χ3n) is 9.75. The Morgan fingerprint density at radius 2 is 1.73 bits per heavy atom. The van der Waals surface area contributed by atoms with Gasteiger partial charge < -0.3 is 25.2 Å². The maximum absolute atomic E-state index is 14.7. The largest absolute Gasteiger partial charge is 0.480 e. The minimum Gasteiger partial charge on any atom is -0.480 e. The van der Waals surface area contributed by atoms with Gasteiger partial charge in [0.15, 0.2) is 5.82 Å². The minimum absolute atomic E-state index is 0.0147. The zero-order chi connectivity index (χ0) is 32.5. The lowest BCUT2D eigenvalue weighted by molar-refractivity contribution is -0.152. The SMILES string of the molecule is CC(C)(C)[C@H](NC(=O)[C@@H](NC(=O)c1nccn1Cc1ccccc1)C1CCCCC1)C(=O)N1C[C@H]2[C@H](CCC2(F)F)C1C(=O)O. The normalized spacial score (nSPS) is 24.5. The standard InChI is InChI=1S/C33H43F2N5O5/c1-32(2,3)26(30(43)40-19-23-22(25(40)31(44)45)14-15-33(23,34)35)38-28(41)24(21-12-8-5-9-13-21)37-29(42)27-36-16-17-39(27)18-20-10-6-4-7-11-20/h4,6-7,10-11,16-17,21-26H,5,8-9,12-15,18-19H2,1-3H3,(H,37,42)(H,38,41)(H,44,45)/t22-,23-,24-,25?,26+/m0/s1. The maximum atomic E-state index is 14.7. The minimum atomic E-state index is -3.06. The zero-order valence-corrected chi connectivity index (χ0v) is 26.0. The fraction of sp³-hybridized carbons (Fsp3) is 0.606. The number of nitrogens with zero attached hydrogens (tertiary/aromatic N) is 3. The average Bonchev–Trinajstić information content (AvgIpc) is 3.70. The fourth-order valence-corrected chi connectivity index (χ4v) is 7.35. The van der Waals surface area contributed by atoms with Crippen molar-refractivity contribution in [2.75, 3.05) is 6.54 Å². The highest BCUT2D eigenvalue weighted by Crippen LogP contribution is 2.51. The van der Waals surface area contributed by atoms with Crippen LogP contribution >= 0.6 is 0 Å². The summed E-state index contributed by atoms with van der Waals surface area (Å²) in [5, 5.41) is 15.7. The summed E-state index contributed by atoms with van der Waals surface area (Å²) >= 11 is 0. The Labute approximate surface area is 261 Å². The Kier molecular flexibility index (Phi) is 9.32. The van der Waals surface area contributed by atoms with Gasteiger partial charge in [0.1, 0.15) is 18.1 Å². The molecule has 1 aromatic carbocycles. The van der Waals surface area contributed by atoms with E-state index in [-0.39, 0.29) is 24.7 Å². The van der Waals surface area contributed by atoms with Gasteiger partial charge in [-0.15, -0.1) is 0 Å². The Morgan fingerprint density at radius 1 is 1.04 bits per heavy atom. The van der Waals surface area contributed by atoms with Crippen molar-refractivity contribution in [1.82, 2.24) is 25.1 Å². The van der Waals surface area contributed by atoms with E-state index >= 15 is 0 Å². The van der Waals surface area contributed by atoms with Crippen molar-refractivity contribution in [3.63, 3.8) is 0 Å². The molecule has 12 heteroatoms. The molecule has 10 nitrogen and oxygen atoms in total. The van der Waals surface area contributed by atoms with E-state index in [4.69, 9.17) is 0 Å². The Balaban J connectivity index is 1.37. The van der Waals surface area contributed by atoms with Gasteiger partial charge in [-0.25, -0.2) is 18.6 Å². The Bertz CT molecular complexity index is 1400. The predicted octanol–water partition coefficient (Wildman–Crippen LogP) is 4.10. The number of hydrogen-bond acceptors (Lipinski definition) is 5. The van der Waals surface area contributed by atoms with Crippen molar-refractivity contribution in [1.29, 1.82) is 0 Å². The van der Waals surface area contributed by atoms with Crippen LogP contribution < -0.4 is 10.6 Å². The number of hydrogen-bond donors (Lipinski definition) is 3. The number of carboxylic acids is 1. The van der Waals surface area contributed by atoms with E-state index in [1.165, 1.54) is 6.20 Å². The van der Waals surface area contributed by atoms with Gasteiger partial charge in [-0.05, 0) is 36.2 Å². The van der Waals surface area contributed by atoms with Crippen molar-refractivity contribution in [2.45, 2.75) is 96.3 Å². The molecule has 2 saturated carbocycles. The van der Waals surface area contributed by atoms with Gasteiger partial charge in [0.05, 0.1) is 0 Å².